The molecule has 1 aliphatic carbocycles. The zero-order valence-electron chi connectivity index (χ0n) is 6.27. The quantitative estimate of drug-likeness (QED) is 0.547. The molecule has 2 saturated heterocycles. The third kappa shape index (κ3) is 0.789. The van der Waals surface area contributed by atoms with E-state index in [4.69, 9.17) is 9.47 Å². The lowest BCUT2D eigenvalue weighted by Gasteiger charge is -2.36. The molecule has 3 rings (SSSR count). The van der Waals surface area contributed by atoms with Crippen LogP contribution in [0.3, 0.4) is 0 Å². The lowest BCUT2D eigenvalue weighted by Crippen LogP contribution is -2.42. The van der Waals surface area contributed by atoms with Crippen LogP contribution in [0.15, 0.2) is 0 Å². The molecule has 0 aromatic rings. The van der Waals surface area contributed by atoms with E-state index in [1.54, 1.807) is 0 Å². The van der Waals surface area contributed by atoms with Crippen LogP contribution in [-0.2, 0) is 9.47 Å². The first-order valence-corrected chi connectivity index (χ1v) is 4.32. The first-order valence-electron chi connectivity index (χ1n) is 4.32. The summed E-state index contributed by atoms with van der Waals surface area (Å²) in [5.41, 5.74) is 0. The molecular formula is C8H12O3. The number of aliphatic hydroxyl groups excluding tert-OH is 1. The maximum atomic E-state index is 9.62. The first kappa shape index (κ1) is 6.40. The fraction of sp³-hybridized carbons (Fsp3) is 1.00. The van der Waals surface area contributed by atoms with Gasteiger partial charge in [0, 0.05) is 25.2 Å². The van der Waals surface area contributed by atoms with E-state index in [9.17, 15) is 5.11 Å². The van der Waals surface area contributed by atoms with Gasteiger partial charge in [-0.1, -0.05) is 0 Å². The Balaban J connectivity index is 1.94. The van der Waals surface area contributed by atoms with E-state index in [2.05, 4.69) is 0 Å². The number of fused-ring (bicyclic) bond motifs is 2. The van der Waals surface area contributed by atoms with Crippen LogP contribution in [0.5, 0.6) is 0 Å². The van der Waals surface area contributed by atoms with Crippen molar-refractivity contribution in [3.8, 4) is 0 Å². The van der Waals surface area contributed by atoms with Crippen molar-refractivity contribution in [2.45, 2.75) is 43.9 Å². The molecule has 3 nitrogen and oxygen atoms in total. The Morgan fingerprint density at radius 2 is 2.00 bits per heavy atom. The predicted octanol–water partition coefficient (Wildman–Crippen LogP) is 0.271. The predicted molar refractivity (Wildman–Crippen MR) is 36.9 cm³/mol. The minimum absolute atomic E-state index is 0.000833. The van der Waals surface area contributed by atoms with Gasteiger partial charge in [0.05, 0.1) is 18.3 Å². The number of aliphatic hydroxyl groups is 1. The molecule has 1 saturated carbocycles. The lowest BCUT2D eigenvalue weighted by atomic mass is 9.83. The van der Waals surface area contributed by atoms with Crippen LogP contribution in [-0.4, -0.2) is 29.7 Å². The molecule has 2 aliphatic heterocycles. The van der Waals surface area contributed by atoms with Gasteiger partial charge in [-0.3, -0.25) is 0 Å². The molecule has 2 heterocycles. The topological polar surface area (TPSA) is 38.7 Å². The number of hydrogen-bond acceptors (Lipinski definition) is 3. The van der Waals surface area contributed by atoms with Gasteiger partial charge in [0.2, 0.25) is 0 Å². The number of hydrogen-bond donors (Lipinski definition) is 1. The fourth-order valence-electron chi connectivity index (χ4n) is 2.57. The highest BCUT2D eigenvalue weighted by Gasteiger charge is 2.50. The lowest BCUT2D eigenvalue weighted by molar-refractivity contribution is -0.227. The van der Waals surface area contributed by atoms with Crippen LogP contribution in [0.2, 0.25) is 0 Å². The van der Waals surface area contributed by atoms with Gasteiger partial charge in [-0.15, -0.1) is 0 Å². The maximum absolute atomic E-state index is 9.62. The van der Waals surface area contributed by atoms with Gasteiger partial charge in [-0.05, 0) is 0 Å². The van der Waals surface area contributed by atoms with E-state index in [1.807, 2.05) is 0 Å². The van der Waals surface area contributed by atoms with Gasteiger partial charge >= 0.3 is 0 Å². The molecule has 3 fully saturated rings. The van der Waals surface area contributed by atoms with E-state index in [-0.39, 0.29) is 18.5 Å². The van der Waals surface area contributed by atoms with Crippen LogP contribution < -0.4 is 0 Å². The Hall–Kier alpha value is -0.120. The summed E-state index contributed by atoms with van der Waals surface area (Å²) in [6, 6.07) is 0. The molecule has 3 heteroatoms. The molecule has 0 aromatic heterocycles. The number of ether oxygens (including phenoxy) is 2. The molecule has 1 N–H and O–H groups in total. The van der Waals surface area contributed by atoms with Crippen LogP contribution in [0.4, 0.5) is 0 Å². The second kappa shape index (κ2) is 1.97. The summed E-state index contributed by atoms with van der Waals surface area (Å²) in [4.78, 5) is 0. The van der Waals surface area contributed by atoms with Crippen LogP contribution in [0.25, 0.3) is 0 Å². The van der Waals surface area contributed by atoms with E-state index in [1.165, 1.54) is 0 Å². The summed E-state index contributed by atoms with van der Waals surface area (Å²) in [7, 11) is 0. The van der Waals surface area contributed by atoms with E-state index < -0.39 is 0 Å². The minimum atomic E-state index is -0.175. The van der Waals surface area contributed by atoms with Gasteiger partial charge in [-0.25, -0.2) is 0 Å². The monoisotopic (exact) mass is 156 g/mol. The third-order valence-corrected chi connectivity index (χ3v) is 3.11. The van der Waals surface area contributed by atoms with E-state index >= 15 is 0 Å². The van der Waals surface area contributed by atoms with Crippen LogP contribution in [0, 0.1) is 5.92 Å². The Bertz CT molecular complexity index is 177. The average molecular weight is 156 g/mol. The molecule has 5 atom stereocenters. The van der Waals surface area contributed by atoms with Crippen LogP contribution >= 0.6 is 0 Å². The Kier molecular flexibility index (Phi) is 1.15. The van der Waals surface area contributed by atoms with Gasteiger partial charge in [-0.2, -0.15) is 0 Å². The highest BCUT2D eigenvalue weighted by molar-refractivity contribution is 4.95. The molecule has 0 radical (unpaired) electrons. The summed E-state index contributed by atoms with van der Waals surface area (Å²) >= 11 is 0. The molecule has 3 aliphatic rings. The van der Waals surface area contributed by atoms with Gasteiger partial charge in [0.25, 0.3) is 0 Å². The van der Waals surface area contributed by atoms with E-state index in [0.29, 0.717) is 12.0 Å². The molecule has 0 aromatic carbocycles. The van der Waals surface area contributed by atoms with Crippen LogP contribution in [0.1, 0.15) is 19.3 Å². The molecule has 62 valence electrons. The molecule has 3 bridgehead atoms. The zero-order chi connectivity index (χ0) is 7.42. The summed E-state index contributed by atoms with van der Waals surface area (Å²) in [6.45, 7) is 0. The average Bonchev–Trinajstić information content (AvgIpc) is 2.19. The first-order chi connectivity index (χ1) is 5.33. The zero-order valence-corrected chi connectivity index (χ0v) is 6.27. The Morgan fingerprint density at radius 1 is 1.09 bits per heavy atom. The second-order valence-corrected chi connectivity index (χ2v) is 3.80. The fourth-order valence-corrected chi connectivity index (χ4v) is 2.57. The number of rotatable bonds is 0. The molecular weight excluding hydrogens is 144 g/mol. The smallest absolute Gasteiger partial charge is 0.158 e. The van der Waals surface area contributed by atoms with Gasteiger partial charge in [0.1, 0.15) is 0 Å². The highest BCUT2D eigenvalue weighted by atomic mass is 16.7. The Morgan fingerprint density at radius 3 is 2.91 bits per heavy atom. The summed E-state index contributed by atoms with van der Waals surface area (Å²) < 4.78 is 11.1. The van der Waals surface area contributed by atoms with E-state index in [0.717, 1.165) is 19.3 Å². The SMILES string of the molecule is O[C@H]1C[C@@H]2C[C@@H]3OC(CC31)O2. The molecule has 0 amide bonds. The van der Waals surface area contributed by atoms with Crippen molar-refractivity contribution in [2.24, 2.45) is 5.92 Å². The van der Waals surface area contributed by atoms with Crippen molar-refractivity contribution in [2.75, 3.05) is 0 Å². The summed E-state index contributed by atoms with van der Waals surface area (Å²) in [5.74, 6) is 0.360. The second-order valence-electron chi connectivity index (χ2n) is 3.80. The van der Waals surface area contributed by atoms with Gasteiger partial charge in [0.15, 0.2) is 6.29 Å². The molecule has 0 spiro atoms. The summed E-state index contributed by atoms with van der Waals surface area (Å²) in [5, 5.41) is 9.62. The molecule has 11 heavy (non-hydrogen) atoms. The van der Waals surface area contributed by atoms with Crippen molar-refractivity contribution >= 4 is 0 Å². The Labute approximate surface area is 65.3 Å². The summed E-state index contributed by atoms with van der Waals surface area (Å²) in [6.07, 6.45) is 3.11. The van der Waals surface area contributed by atoms with Crippen molar-refractivity contribution in [1.29, 1.82) is 0 Å². The standard InChI is InChI=1S/C8H12O3/c9-6-1-4-2-7-5(6)3-8(10-4)11-7/h4-9H,1-3H2/t4-,5?,6+,7+,8?/m1/s1. The normalized spacial score (nSPS) is 60.3. The van der Waals surface area contributed by atoms with Gasteiger partial charge < -0.3 is 14.6 Å². The van der Waals surface area contributed by atoms with Crippen molar-refractivity contribution in [1.82, 2.24) is 0 Å². The minimum Gasteiger partial charge on any atom is -0.393 e. The van der Waals surface area contributed by atoms with Crippen molar-refractivity contribution in [3.05, 3.63) is 0 Å². The maximum Gasteiger partial charge on any atom is 0.158 e. The molecule has 2 unspecified atom stereocenters. The van der Waals surface area contributed by atoms with Crippen molar-refractivity contribution < 1.29 is 14.6 Å². The third-order valence-electron chi connectivity index (χ3n) is 3.11. The highest BCUT2D eigenvalue weighted by Crippen LogP contribution is 2.44. The largest absolute Gasteiger partial charge is 0.393 e. The van der Waals surface area contributed by atoms with Crippen molar-refractivity contribution in [3.63, 3.8) is 0 Å².